The van der Waals surface area contributed by atoms with E-state index < -0.39 is 0 Å². The monoisotopic (exact) mass is 490 g/mol. The van der Waals surface area contributed by atoms with Gasteiger partial charge in [0, 0.05) is 36.8 Å². The molecule has 0 N–H and O–H groups in total. The van der Waals surface area contributed by atoms with Gasteiger partial charge in [-0.15, -0.1) is 0 Å². The van der Waals surface area contributed by atoms with E-state index in [4.69, 9.17) is 21.4 Å². The molecule has 0 unspecified atom stereocenters. The second kappa shape index (κ2) is 9.80. The van der Waals surface area contributed by atoms with Crippen LogP contribution in [0.5, 0.6) is 5.75 Å². The normalized spacial score (nSPS) is 13.7. The molecular weight excluding hydrogens is 467 g/mol. The number of ether oxygens (including phenoxy) is 1. The van der Waals surface area contributed by atoms with Crippen molar-refractivity contribution in [3.63, 3.8) is 0 Å². The molecule has 1 saturated heterocycles. The van der Waals surface area contributed by atoms with Crippen molar-refractivity contribution >= 4 is 23.2 Å². The highest BCUT2D eigenvalue weighted by atomic mass is 35.5. The van der Waals surface area contributed by atoms with Crippen LogP contribution in [0.25, 0.3) is 16.9 Å². The highest BCUT2D eigenvalue weighted by Crippen LogP contribution is 2.27. The van der Waals surface area contributed by atoms with Crippen LogP contribution in [0.2, 0.25) is 5.02 Å². The Hall–Kier alpha value is -3.84. The number of amides is 1. The molecule has 1 aromatic heterocycles. The highest BCUT2D eigenvalue weighted by Gasteiger charge is 2.27. The maximum Gasteiger partial charge on any atom is 0.272 e. The third-order valence-corrected chi connectivity index (χ3v) is 6.36. The molecule has 0 saturated carbocycles. The number of halogens is 2. The molecule has 35 heavy (non-hydrogen) atoms. The lowest BCUT2D eigenvalue weighted by Crippen LogP contribution is -2.49. The van der Waals surface area contributed by atoms with Crippen LogP contribution in [0.4, 0.5) is 10.1 Å². The van der Waals surface area contributed by atoms with Crippen molar-refractivity contribution in [2.45, 2.75) is 0 Å². The Kier molecular flexibility index (Phi) is 6.42. The van der Waals surface area contributed by atoms with Crippen LogP contribution < -0.4 is 9.64 Å². The lowest BCUT2D eigenvalue weighted by atomic mass is 10.1. The van der Waals surface area contributed by atoms with E-state index in [1.807, 2.05) is 47.4 Å². The molecule has 6 nitrogen and oxygen atoms in total. The average Bonchev–Trinajstić information content (AvgIpc) is 3.34. The maximum absolute atomic E-state index is 14.2. The van der Waals surface area contributed by atoms with Crippen molar-refractivity contribution in [2.75, 3.05) is 38.2 Å². The van der Waals surface area contributed by atoms with Gasteiger partial charge in [0.2, 0.25) is 0 Å². The van der Waals surface area contributed by atoms with E-state index in [0.717, 1.165) is 11.3 Å². The van der Waals surface area contributed by atoms with Crippen molar-refractivity contribution < 1.29 is 13.9 Å². The molecule has 0 bridgehead atoms. The summed E-state index contributed by atoms with van der Waals surface area (Å²) >= 11 is 6.23. The van der Waals surface area contributed by atoms with Gasteiger partial charge in [-0.3, -0.25) is 4.79 Å². The Bertz CT molecular complexity index is 1350. The van der Waals surface area contributed by atoms with E-state index in [0.29, 0.717) is 54.0 Å². The Morgan fingerprint density at radius 2 is 1.69 bits per heavy atom. The first-order valence-electron chi connectivity index (χ1n) is 11.3. The molecule has 5 rings (SSSR count). The minimum Gasteiger partial charge on any atom is -0.497 e. The smallest absolute Gasteiger partial charge is 0.272 e. The van der Waals surface area contributed by atoms with Crippen LogP contribution in [0.15, 0.2) is 78.9 Å². The zero-order valence-electron chi connectivity index (χ0n) is 19.2. The molecule has 8 heteroatoms. The van der Waals surface area contributed by atoms with Crippen molar-refractivity contribution in [1.82, 2.24) is 14.7 Å². The summed E-state index contributed by atoms with van der Waals surface area (Å²) in [5.41, 5.74) is 3.24. The second-order valence-corrected chi connectivity index (χ2v) is 8.70. The largest absolute Gasteiger partial charge is 0.497 e. The number of rotatable bonds is 5. The van der Waals surface area contributed by atoms with E-state index in [1.165, 1.54) is 6.07 Å². The number of anilines is 1. The number of methoxy groups -OCH3 is 1. The minimum absolute atomic E-state index is 0.134. The molecule has 178 valence electrons. The van der Waals surface area contributed by atoms with Gasteiger partial charge in [-0.2, -0.15) is 5.10 Å². The summed E-state index contributed by atoms with van der Waals surface area (Å²) in [6.45, 7) is 2.05. The summed E-state index contributed by atoms with van der Waals surface area (Å²) in [5, 5.41) is 5.30. The molecule has 1 aliphatic rings. The van der Waals surface area contributed by atoms with E-state index in [1.54, 1.807) is 47.0 Å². The van der Waals surface area contributed by atoms with Gasteiger partial charge in [0.05, 0.1) is 24.2 Å². The first kappa shape index (κ1) is 22.9. The number of para-hydroxylation sites is 1. The molecule has 0 radical (unpaired) electrons. The van der Waals surface area contributed by atoms with Gasteiger partial charge in [-0.25, -0.2) is 9.07 Å². The number of piperazine rings is 1. The Morgan fingerprint density at radius 3 is 2.37 bits per heavy atom. The van der Waals surface area contributed by atoms with Crippen LogP contribution in [0.3, 0.4) is 0 Å². The van der Waals surface area contributed by atoms with Gasteiger partial charge in [-0.1, -0.05) is 29.8 Å². The van der Waals surface area contributed by atoms with Crippen LogP contribution >= 0.6 is 11.6 Å². The second-order valence-electron chi connectivity index (χ2n) is 8.27. The Morgan fingerprint density at radius 1 is 0.943 bits per heavy atom. The zero-order valence-corrected chi connectivity index (χ0v) is 20.0. The van der Waals surface area contributed by atoms with Gasteiger partial charge in [0.1, 0.15) is 17.3 Å². The fourth-order valence-corrected chi connectivity index (χ4v) is 4.45. The number of benzene rings is 3. The fraction of sp³-hybridized carbons (Fsp3) is 0.185. The summed E-state index contributed by atoms with van der Waals surface area (Å²) in [6, 6.07) is 23.3. The van der Waals surface area contributed by atoms with Gasteiger partial charge < -0.3 is 14.5 Å². The molecule has 1 aliphatic heterocycles. The predicted octanol–water partition coefficient (Wildman–Crippen LogP) is 5.30. The summed E-state index contributed by atoms with van der Waals surface area (Å²) in [6.07, 6.45) is 0. The summed E-state index contributed by atoms with van der Waals surface area (Å²) in [4.78, 5) is 17.4. The van der Waals surface area contributed by atoms with Crippen molar-refractivity contribution in [3.8, 4) is 22.7 Å². The van der Waals surface area contributed by atoms with Crippen LogP contribution in [-0.2, 0) is 0 Å². The SMILES string of the molecule is COc1ccc(-c2cc(C(=O)N3CCN(c4ccccc4F)CC3)n(-c3cccc(Cl)c3)n2)cc1. The number of aromatic nitrogens is 2. The number of nitrogens with zero attached hydrogens (tertiary/aromatic N) is 4. The van der Waals surface area contributed by atoms with Gasteiger partial charge in [0.15, 0.2) is 0 Å². The number of hydrogen-bond donors (Lipinski definition) is 0. The average molecular weight is 491 g/mol. The lowest BCUT2D eigenvalue weighted by Gasteiger charge is -2.36. The molecule has 0 spiro atoms. The first-order valence-corrected chi connectivity index (χ1v) is 11.7. The zero-order chi connectivity index (χ0) is 24.4. The number of hydrogen-bond acceptors (Lipinski definition) is 4. The van der Waals surface area contributed by atoms with Crippen molar-refractivity contribution in [1.29, 1.82) is 0 Å². The number of carbonyl (C=O) groups is 1. The molecule has 4 aromatic rings. The molecule has 2 heterocycles. The Labute approximate surface area is 208 Å². The quantitative estimate of drug-likeness (QED) is 0.381. The van der Waals surface area contributed by atoms with E-state index >= 15 is 0 Å². The molecule has 1 amide bonds. The molecule has 3 aromatic carbocycles. The third-order valence-electron chi connectivity index (χ3n) is 6.13. The standard InChI is InChI=1S/C27H24ClFN4O2/c1-35-22-11-9-19(10-12-22)24-18-26(33(30-24)21-6-4-5-20(28)17-21)27(34)32-15-13-31(14-16-32)25-8-3-2-7-23(25)29/h2-12,17-18H,13-16H2,1H3. The molecular formula is C27H24ClFN4O2. The van der Waals surface area contributed by atoms with E-state index in [2.05, 4.69) is 0 Å². The van der Waals surface area contributed by atoms with Crippen LogP contribution in [0.1, 0.15) is 10.5 Å². The number of carbonyl (C=O) groups excluding carboxylic acids is 1. The van der Waals surface area contributed by atoms with E-state index in [-0.39, 0.29) is 11.7 Å². The summed E-state index contributed by atoms with van der Waals surface area (Å²) < 4.78 is 21.1. The molecule has 0 atom stereocenters. The minimum atomic E-state index is -0.254. The van der Waals surface area contributed by atoms with Gasteiger partial charge in [-0.05, 0) is 60.7 Å². The highest BCUT2D eigenvalue weighted by molar-refractivity contribution is 6.30. The first-order chi connectivity index (χ1) is 17.0. The lowest BCUT2D eigenvalue weighted by molar-refractivity contribution is 0.0737. The maximum atomic E-state index is 14.2. The predicted molar refractivity (Wildman–Crippen MR) is 135 cm³/mol. The Balaban J connectivity index is 1.44. The topological polar surface area (TPSA) is 50.6 Å². The van der Waals surface area contributed by atoms with Gasteiger partial charge in [0.25, 0.3) is 5.91 Å². The van der Waals surface area contributed by atoms with Crippen molar-refractivity contribution in [3.05, 3.63) is 95.4 Å². The van der Waals surface area contributed by atoms with Crippen molar-refractivity contribution in [2.24, 2.45) is 0 Å². The van der Waals surface area contributed by atoms with Crippen LogP contribution in [-0.4, -0.2) is 53.9 Å². The van der Waals surface area contributed by atoms with Gasteiger partial charge >= 0.3 is 0 Å². The summed E-state index contributed by atoms with van der Waals surface area (Å²) in [7, 11) is 1.62. The van der Waals surface area contributed by atoms with E-state index in [9.17, 15) is 9.18 Å². The fourth-order valence-electron chi connectivity index (χ4n) is 4.26. The molecule has 0 aliphatic carbocycles. The van der Waals surface area contributed by atoms with Crippen LogP contribution in [0, 0.1) is 5.82 Å². The third kappa shape index (κ3) is 4.72. The summed E-state index contributed by atoms with van der Waals surface area (Å²) in [5.74, 6) is 0.355. The molecule has 1 fully saturated rings.